The van der Waals surface area contributed by atoms with Crippen molar-refractivity contribution in [2.45, 2.75) is 6.92 Å². The summed E-state index contributed by atoms with van der Waals surface area (Å²) in [5.41, 5.74) is 2.33. The largest absolute Gasteiger partial charge is 0.450 e. The third-order valence-electron chi connectivity index (χ3n) is 5.17. The lowest BCUT2D eigenvalue weighted by Crippen LogP contribution is -2.13. The molecule has 158 valence electrons. The number of rotatable bonds is 4. The van der Waals surface area contributed by atoms with E-state index in [1.54, 1.807) is 36.4 Å². The molecule has 0 aliphatic rings. The van der Waals surface area contributed by atoms with Gasteiger partial charge in [-0.2, -0.15) is 0 Å². The second-order valence-corrected chi connectivity index (χ2v) is 9.15. The Bertz CT molecular complexity index is 1520. The number of halogens is 2. The first-order valence-corrected chi connectivity index (χ1v) is 11.3. The smallest absolute Gasteiger partial charge is 0.267 e. The molecule has 2 heterocycles. The number of fused-ring (bicyclic) bond motifs is 2. The lowest BCUT2D eigenvalue weighted by atomic mass is 10.1. The zero-order chi connectivity index (χ0) is 22.4. The van der Waals surface area contributed by atoms with E-state index in [0.29, 0.717) is 37.5 Å². The maximum Gasteiger partial charge on any atom is 0.267 e. The van der Waals surface area contributed by atoms with Crippen LogP contribution in [0.15, 0.2) is 71.1 Å². The minimum absolute atomic E-state index is 0.0682. The summed E-state index contributed by atoms with van der Waals surface area (Å²) in [4.78, 5) is 26.8. The van der Waals surface area contributed by atoms with E-state index in [1.807, 2.05) is 37.3 Å². The Morgan fingerprint density at radius 3 is 2.44 bits per heavy atom. The van der Waals surface area contributed by atoms with E-state index in [4.69, 9.17) is 27.6 Å². The highest BCUT2D eigenvalue weighted by Crippen LogP contribution is 2.40. The molecule has 4 nitrogen and oxygen atoms in total. The number of amides is 1. The van der Waals surface area contributed by atoms with E-state index < -0.39 is 5.91 Å². The van der Waals surface area contributed by atoms with Gasteiger partial charge in [-0.1, -0.05) is 71.2 Å². The maximum absolute atomic E-state index is 13.2. The van der Waals surface area contributed by atoms with Gasteiger partial charge in [0.1, 0.15) is 10.5 Å². The van der Waals surface area contributed by atoms with Gasteiger partial charge >= 0.3 is 0 Å². The molecule has 0 unspecified atom stereocenters. The quantitative estimate of drug-likeness (QED) is 0.268. The van der Waals surface area contributed by atoms with Crippen molar-refractivity contribution in [2.24, 2.45) is 0 Å². The van der Waals surface area contributed by atoms with Crippen molar-refractivity contribution in [3.63, 3.8) is 0 Å². The van der Waals surface area contributed by atoms with Gasteiger partial charge in [-0.15, -0.1) is 11.3 Å². The lowest BCUT2D eigenvalue weighted by Gasteiger charge is -2.06. The molecule has 32 heavy (non-hydrogen) atoms. The minimum Gasteiger partial charge on any atom is -0.450 e. The number of benzene rings is 3. The van der Waals surface area contributed by atoms with Crippen LogP contribution in [-0.2, 0) is 0 Å². The van der Waals surface area contributed by atoms with Crippen molar-refractivity contribution >= 4 is 73.0 Å². The second-order valence-electron chi connectivity index (χ2n) is 7.31. The first-order valence-electron chi connectivity index (χ1n) is 9.75. The molecule has 0 saturated heterocycles. The minimum atomic E-state index is -0.434. The van der Waals surface area contributed by atoms with Crippen molar-refractivity contribution in [1.82, 2.24) is 0 Å². The Morgan fingerprint density at radius 1 is 0.938 bits per heavy atom. The zero-order valence-corrected chi connectivity index (χ0v) is 19.1. The van der Waals surface area contributed by atoms with E-state index in [1.165, 1.54) is 11.3 Å². The van der Waals surface area contributed by atoms with Gasteiger partial charge in [0.15, 0.2) is 5.76 Å². The molecule has 7 heteroatoms. The fourth-order valence-electron chi connectivity index (χ4n) is 3.55. The molecule has 1 amide bonds. The van der Waals surface area contributed by atoms with Crippen LogP contribution in [0.3, 0.4) is 0 Å². The zero-order valence-electron chi connectivity index (χ0n) is 16.7. The number of carbonyl (C=O) groups is 2. The monoisotopic (exact) mass is 479 g/mol. The summed E-state index contributed by atoms with van der Waals surface area (Å²) in [5.74, 6) is -0.683. The van der Waals surface area contributed by atoms with Crippen molar-refractivity contribution in [3.8, 4) is 0 Å². The molecule has 0 atom stereocenters. The van der Waals surface area contributed by atoms with E-state index >= 15 is 0 Å². The molecule has 0 saturated carbocycles. The number of hydrogen-bond donors (Lipinski definition) is 1. The fraction of sp³-hybridized carbons (Fsp3) is 0.0400. The number of hydrogen-bond acceptors (Lipinski definition) is 4. The molecule has 0 fully saturated rings. The highest BCUT2D eigenvalue weighted by molar-refractivity contribution is 7.21. The molecule has 0 aliphatic carbocycles. The Balaban J connectivity index is 1.60. The molecular formula is C25H15Cl2NO3S. The predicted octanol–water partition coefficient (Wildman–Crippen LogP) is 7.75. The first kappa shape index (κ1) is 20.8. The van der Waals surface area contributed by atoms with Crippen LogP contribution in [0.1, 0.15) is 31.4 Å². The number of anilines is 1. The summed E-state index contributed by atoms with van der Waals surface area (Å²) in [7, 11) is 0. The number of thiophene rings is 1. The van der Waals surface area contributed by atoms with Crippen LogP contribution in [0.4, 0.5) is 5.69 Å². The van der Waals surface area contributed by atoms with E-state index in [9.17, 15) is 9.59 Å². The summed E-state index contributed by atoms with van der Waals surface area (Å²) >= 11 is 14.0. The summed E-state index contributed by atoms with van der Waals surface area (Å²) < 4.78 is 6.68. The normalized spacial score (nSPS) is 11.2. The van der Waals surface area contributed by atoms with Crippen LogP contribution in [-0.4, -0.2) is 11.7 Å². The summed E-state index contributed by atoms with van der Waals surface area (Å²) in [6.45, 7) is 1.95. The SMILES string of the molecule is Cc1ccc(C(=O)c2oc3ccccc3c2NC(=O)c2sc3cccc(Cl)c3c2Cl)cc1. The van der Waals surface area contributed by atoms with Gasteiger partial charge in [-0.05, 0) is 31.2 Å². The molecule has 5 aromatic rings. The van der Waals surface area contributed by atoms with Gasteiger partial charge in [0.25, 0.3) is 5.91 Å². The average Bonchev–Trinajstić information content (AvgIpc) is 3.33. The van der Waals surface area contributed by atoms with Crippen LogP contribution < -0.4 is 5.32 Å². The van der Waals surface area contributed by atoms with Crippen LogP contribution in [0.2, 0.25) is 10.0 Å². The van der Waals surface area contributed by atoms with Gasteiger partial charge in [0.2, 0.25) is 5.78 Å². The van der Waals surface area contributed by atoms with Gasteiger partial charge in [0.05, 0.1) is 15.7 Å². The molecule has 0 aliphatic heterocycles. The molecule has 3 aromatic carbocycles. The van der Waals surface area contributed by atoms with Gasteiger partial charge in [-0.25, -0.2) is 0 Å². The van der Waals surface area contributed by atoms with E-state index in [2.05, 4.69) is 5.32 Å². The van der Waals surface area contributed by atoms with E-state index in [-0.39, 0.29) is 16.6 Å². The topological polar surface area (TPSA) is 59.3 Å². The number of nitrogens with one attached hydrogen (secondary N) is 1. The fourth-order valence-corrected chi connectivity index (χ4v) is 5.40. The number of furan rings is 1. The number of para-hydroxylation sites is 1. The first-order chi connectivity index (χ1) is 15.4. The molecule has 5 rings (SSSR count). The van der Waals surface area contributed by atoms with Crippen LogP contribution in [0.5, 0.6) is 0 Å². The number of carbonyl (C=O) groups excluding carboxylic acids is 2. The van der Waals surface area contributed by atoms with Gasteiger partial charge in [-0.3, -0.25) is 9.59 Å². The number of aryl methyl sites for hydroxylation is 1. The molecule has 1 N–H and O–H groups in total. The van der Waals surface area contributed by atoms with Crippen LogP contribution in [0.25, 0.3) is 21.1 Å². The molecule has 0 radical (unpaired) electrons. The summed E-state index contributed by atoms with van der Waals surface area (Å²) in [6, 6.07) is 19.8. The lowest BCUT2D eigenvalue weighted by molar-refractivity contribution is 0.101. The highest BCUT2D eigenvalue weighted by atomic mass is 35.5. The van der Waals surface area contributed by atoms with Crippen molar-refractivity contribution in [3.05, 3.63) is 98.5 Å². The third-order valence-corrected chi connectivity index (χ3v) is 7.13. The standard InChI is InChI=1S/C25H15Cl2NO3S/c1-13-9-11-14(12-10-13)22(29)23-21(15-5-2-3-7-17(15)31-23)28-25(30)24-20(27)19-16(26)6-4-8-18(19)32-24/h2-12H,1H3,(H,28,30). The summed E-state index contributed by atoms with van der Waals surface area (Å²) in [5, 5.41) is 4.89. The average molecular weight is 480 g/mol. The molecule has 0 bridgehead atoms. The Hall–Kier alpha value is -3.12. The van der Waals surface area contributed by atoms with E-state index in [0.717, 1.165) is 10.3 Å². The maximum atomic E-state index is 13.2. The molecule has 0 spiro atoms. The van der Waals surface area contributed by atoms with Crippen molar-refractivity contribution in [1.29, 1.82) is 0 Å². The number of ketones is 1. The third kappa shape index (κ3) is 3.48. The van der Waals surface area contributed by atoms with Crippen LogP contribution >= 0.6 is 34.5 Å². The van der Waals surface area contributed by atoms with Gasteiger partial charge in [0, 0.05) is 21.0 Å². The summed E-state index contributed by atoms with van der Waals surface area (Å²) in [6.07, 6.45) is 0. The van der Waals surface area contributed by atoms with Gasteiger partial charge < -0.3 is 9.73 Å². The van der Waals surface area contributed by atoms with Crippen LogP contribution in [0, 0.1) is 6.92 Å². The Morgan fingerprint density at radius 2 is 1.69 bits per heavy atom. The molecule has 2 aromatic heterocycles. The van der Waals surface area contributed by atoms with Crippen molar-refractivity contribution in [2.75, 3.05) is 5.32 Å². The molecular weight excluding hydrogens is 465 g/mol. The predicted molar refractivity (Wildman–Crippen MR) is 131 cm³/mol. The Labute approximate surface area is 197 Å². The highest BCUT2D eigenvalue weighted by Gasteiger charge is 2.26. The van der Waals surface area contributed by atoms with Crippen molar-refractivity contribution < 1.29 is 14.0 Å². The Kier molecular flexibility index (Phi) is 5.25. The second kappa shape index (κ2) is 8.10.